The van der Waals surface area contributed by atoms with E-state index in [9.17, 15) is 5.11 Å². The highest BCUT2D eigenvalue weighted by Gasteiger charge is 2.08. The van der Waals surface area contributed by atoms with Gasteiger partial charge < -0.3 is 19.3 Å². The van der Waals surface area contributed by atoms with Gasteiger partial charge in [0.05, 0.1) is 36.4 Å². The van der Waals surface area contributed by atoms with Crippen LogP contribution in [0.1, 0.15) is 5.56 Å². The van der Waals surface area contributed by atoms with Gasteiger partial charge in [-0.2, -0.15) is 4.36 Å². The summed E-state index contributed by atoms with van der Waals surface area (Å²) in [5.74, 6) is 0.692. The topological polar surface area (TPSA) is 76.0 Å². The van der Waals surface area contributed by atoms with E-state index >= 15 is 0 Å². The molecule has 4 aromatic rings. The first-order chi connectivity index (χ1) is 15.1. The zero-order valence-corrected chi connectivity index (χ0v) is 18.3. The Hall–Kier alpha value is -3.42. The first kappa shape index (κ1) is 20.8. The van der Waals surface area contributed by atoms with Gasteiger partial charge in [0.2, 0.25) is 0 Å². The molecular weight excluding hydrogens is 410 g/mol. The van der Waals surface area contributed by atoms with Gasteiger partial charge in [0.1, 0.15) is 11.5 Å². The summed E-state index contributed by atoms with van der Waals surface area (Å²) in [6.45, 7) is 2.05. The van der Waals surface area contributed by atoms with Gasteiger partial charge in [-0.3, -0.25) is 4.98 Å². The Balaban J connectivity index is 1.74. The number of hydrogen-bond acceptors (Lipinski definition) is 6. The van der Waals surface area contributed by atoms with Crippen molar-refractivity contribution in [1.29, 1.82) is 0 Å². The number of fused-ring (bicyclic) bond motifs is 1. The van der Waals surface area contributed by atoms with Gasteiger partial charge in [-0.25, -0.2) is 0 Å². The molecule has 0 aliphatic rings. The molecule has 6 nitrogen and oxygen atoms in total. The molecule has 0 saturated heterocycles. The van der Waals surface area contributed by atoms with Crippen LogP contribution in [-0.4, -0.2) is 24.3 Å². The minimum absolute atomic E-state index is 0.123. The molecule has 1 aromatic heterocycles. The van der Waals surface area contributed by atoms with Crippen molar-refractivity contribution >= 4 is 38.9 Å². The summed E-state index contributed by atoms with van der Waals surface area (Å²) < 4.78 is 15.7. The first-order valence-corrected chi connectivity index (χ1v) is 10.8. The third-order valence-electron chi connectivity index (χ3n) is 4.67. The quantitative estimate of drug-likeness (QED) is 0.387. The number of aromatic hydroxyl groups is 1. The lowest BCUT2D eigenvalue weighted by Crippen LogP contribution is -1.95. The molecular formula is C24H23N3O3S. The fourth-order valence-corrected chi connectivity index (χ4v) is 4.39. The van der Waals surface area contributed by atoms with Crippen LogP contribution in [0.2, 0.25) is 0 Å². The molecule has 0 aliphatic heterocycles. The summed E-state index contributed by atoms with van der Waals surface area (Å²) in [4.78, 5) is 5.49. The first-order valence-electron chi connectivity index (χ1n) is 9.67. The van der Waals surface area contributed by atoms with E-state index in [1.54, 1.807) is 32.5 Å². The predicted molar refractivity (Wildman–Crippen MR) is 126 cm³/mol. The third kappa shape index (κ3) is 4.84. The molecule has 0 spiro atoms. The standard InChI is InChI=1S/C24H23N3O3S/c1-16-5-4-6-21(11-16)31(30-3)27-17-7-8-23-22(14-17)24(9-10-25-23)26-18-12-19(28)15-20(13-18)29-2/h4-15,28H,1-3H3,(H,25,26). The van der Waals surface area contributed by atoms with Gasteiger partial charge in [-0.05, 0) is 48.9 Å². The second-order valence-electron chi connectivity index (χ2n) is 6.93. The molecule has 0 bridgehead atoms. The molecule has 7 heteroatoms. The average molecular weight is 434 g/mol. The summed E-state index contributed by atoms with van der Waals surface area (Å²) in [5.41, 5.74) is 4.36. The summed E-state index contributed by atoms with van der Waals surface area (Å²) in [5, 5.41) is 14.2. The molecule has 158 valence electrons. The van der Waals surface area contributed by atoms with E-state index in [1.807, 2.05) is 42.5 Å². The van der Waals surface area contributed by atoms with E-state index in [0.717, 1.165) is 32.7 Å². The lowest BCUT2D eigenvalue weighted by Gasteiger charge is -2.12. The van der Waals surface area contributed by atoms with Crippen LogP contribution in [0.3, 0.4) is 0 Å². The van der Waals surface area contributed by atoms with Crippen molar-refractivity contribution in [1.82, 2.24) is 4.98 Å². The Morgan fingerprint density at radius 2 is 1.87 bits per heavy atom. The molecule has 0 aliphatic carbocycles. The molecule has 3 aromatic carbocycles. The maximum atomic E-state index is 9.95. The molecule has 1 unspecified atom stereocenters. The second kappa shape index (κ2) is 9.16. The van der Waals surface area contributed by atoms with Gasteiger partial charge >= 0.3 is 0 Å². The fourth-order valence-electron chi connectivity index (χ4n) is 3.23. The summed E-state index contributed by atoms with van der Waals surface area (Å²) in [6, 6.07) is 20.9. The molecule has 2 N–H and O–H groups in total. The third-order valence-corrected chi connectivity index (χ3v) is 6.02. The van der Waals surface area contributed by atoms with E-state index in [-0.39, 0.29) is 5.75 Å². The van der Waals surface area contributed by atoms with Crippen molar-refractivity contribution in [2.45, 2.75) is 11.8 Å². The monoisotopic (exact) mass is 433 g/mol. The number of rotatable bonds is 6. The SMILES string of the molecule is COc1cc(O)cc(Nc2ccnc3ccc(N=S(OC)c4cccc(C)c4)cc23)c1. The van der Waals surface area contributed by atoms with Gasteiger partial charge in [-0.1, -0.05) is 12.1 Å². The molecule has 4 rings (SSSR count). The number of ether oxygens (including phenoxy) is 1. The number of phenols is 1. The Kier molecular flexibility index (Phi) is 6.16. The van der Waals surface area contributed by atoms with Crippen molar-refractivity contribution in [2.75, 3.05) is 19.5 Å². The van der Waals surface area contributed by atoms with Crippen LogP contribution in [-0.2, 0) is 15.2 Å². The van der Waals surface area contributed by atoms with Crippen LogP contribution in [0.25, 0.3) is 10.9 Å². The van der Waals surface area contributed by atoms with Crippen molar-refractivity contribution in [3.05, 3.63) is 78.5 Å². The molecule has 0 radical (unpaired) electrons. The number of nitrogens with one attached hydrogen (secondary N) is 1. The maximum Gasteiger partial charge on any atom is 0.124 e. The van der Waals surface area contributed by atoms with Gasteiger partial charge in [0.25, 0.3) is 0 Å². The van der Waals surface area contributed by atoms with E-state index in [4.69, 9.17) is 13.3 Å². The van der Waals surface area contributed by atoms with E-state index in [0.29, 0.717) is 11.4 Å². The van der Waals surface area contributed by atoms with E-state index < -0.39 is 11.0 Å². The van der Waals surface area contributed by atoms with Crippen molar-refractivity contribution in [3.8, 4) is 11.5 Å². The smallest absolute Gasteiger partial charge is 0.124 e. The number of pyridine rings is 1. The number of aryl methyl sites for hydroxylation is 1. The number of methoxy groups -OCH3 is 1. The maximum absolute atomic E-state index is 9.95. The van der Waals surface area contributed by atoms with Crippen molar-refractivity contribution in [3.63, 3.8) is 0 Å². The largest absolute Gasteiger partial charge is 0.508 e. The Morgan fingerprint density at radius 3 is 2.65 bits per heavy atom. The van der Waals surface area contributed by atoms with Crippen LogP contribution >= 0.6 is 0 Å². The molecule has 0 fully saturated rings. The van der Waals surface area contributed by atoms with Crippen LogP contribution in [0.4, 0.5) is 17.1 Å². The molecule has 0 amide bonds. The molecule has 1 atom stereocenters. The minimum Gasteiger partial charge on any atom is -0.508 e. The van der Waals surface area contributed by atoms with Crippen LogP contribution in [0.5, 0.6) is 11.5 Å². The highest BCUT2D eigenvalue weighted by Crippen LogP contribution is 2.32. The Labute approximate surface area is 183 Å². The number of phenolic OH excluding ortho intramolecular Hbond substituents is 1. The molecule has 0 saturated carbocycles. The average Bonchev–Trinajstić information content (AvgIpc) is 2.77. The summed E-state index contributed by atoms with van der Waals surface area (Å²) >= 11 is 0. The van der Waals surface area contributed by atoms with Crippen molar-refractivity contribution in [2.24, 2.45) is 4.36 Å². The zero-order valence-electron chi connectivity index (χ0n) is 17.5. The second-order valence-corrected chi connectivity index (χ2v) is 8.41. The van der Waals surface area contributed by atoms with E-state index in [1.165, 1.54) is 0 Å². The highest BCUT2D eigenvalue weighted by molar-refractivity contribution is 7.82. The van der Waals surface area contributed by atoms with E-state index in [2.05, 4.69) is 29.4 Å². The van der Waals surface area contributed by atoms with Crippen LogP contribution < -0.4 is 10.1 Å². The summed E-state index contributed by atoms with van der Waals surface area (Å²) in [6.07, 6.45) is 1.74. The lowest BCUT2D eigenvalue weighted by molar-refractivity contribution is 0.408. The lowest BCUT2D eigenvalue weighted by atomic mass is 10.1. The number of hydrogen-bond donors (Lipinski definition) is 2. The fraction of sp³-hybridized carbons (Fsp3) is 0.125. The predicted octanol–water partition coefficient (Wildman–Crippen LogP) is 6.05. The van der Waals surface area contributed by atoms with Gasteiger partial charge in [0.15, 0.2) is 0 Å². The number of anilines is 2. The highest BCUT2D eigenvalue weighted by atomic mass is 32.2. The number of nitrogens with zero attached hydrogens (tertiary/aromatic N) is 2. The Bertz CT molecular complexity index is 1270. The van der Waals surface area contributed by atoms with Gasteiger partial charge in [-0.15, -0.1) is 0 Å². The normalized spacial score (nSPS) is 12.1. The van der Waals surface area contributed by atoms with Crippen LogP contribution in [0.15, 0.2) is 82.2 Å². The van der Waals surface area contributed by atoms with Crippen LogP contribution in [0, 0.1) is 6.92 Å². The zero-order chi connectivity index (χ0) is 21.8. The van der Waals surface area contributed by atoms with Gasteiger partial charge in [0, 0.05) is 46.1 Å². The minimum atomic E-state index is -0.716. The summed E-state index contributed by atoms with van der Waals surface area (Å²) in [7, 11) is 2.51. The molecule has 31 heavy (non-hydrogen) atoms. The Morgan fingerprint density at radius 1 is 1.00 bits per heavy atom. The molecule has 1 heterocycles. The number of aromatic nitrogens is 1. The van der Waals surface area contributed by atoms with Crippen molar-refractivity contribution < 1.29 is 14.0 Å². The number of benzene rings is 3.